The normalized spacial score (nSPS) is 18.6. The van der Waals surface area contributed by atoms with Gasteiger partial charge in [-0.2, -0.15) is 0 Å². The lowest BCUT2D eigenvalue weighted by atomic mass is 9.85. The fourth-order valence-corrected chi connectivity index (χ4v) is 0.821. The van der Waals surface area contributed by atoms with E-state index in [1.807, 2.05) is 26.3 Å². The fourth-order valence-electron chi connectivity index (χ4n) is 0.821. The van der Waals surface area contributed by atoms with Crippen LogP contribution in [0.1, 0.15) is 27.7 Å². The van der Waals surface area contributed by atoms with E-state index in [-0.39, 0.29) is 11.5 Å². The molecule has 0 saturated heterocycles. The minimum atomic E-state index is -0.530. The first kappa shape index (κ1) is 9.88. The van der Waals surface area contributed by atoms with E-state index in [0.717, 1.165) is 0 Å². The van der Waals surface area contributed by atoms with Crippen LogP contribution in [0.25, 0.3) is 0 Å². The molecule has 0 aliphatic carbocycles. The van der Waals surface area contributed by atoms with Gasteiger partial charge < -0.3 is 10.3 Å². The molecule has 2 atom stereocenters. The zero-order chi connectivity index (χ0) is 8.36. The Morgan fingerprint density at radius 2 is 1.70 bits per heavy atom. The third-order valence-corrected chi connectivity index (χ3v) is 1.56. The second-order valence-corrected chi connectivity index (χ2v) is 3.73. The highest BCUT2D eigenvalue weighted by Crippen LogP contribution is 2.21. The van der Waals surface area contributed by atoms with Gasteiger partial charge in [0, 0.05) is 0 Å². The third-order valence-electron chi connectivity index (χ3n) is 1.56. The van der Waals surface area contributed by atoms with Crippen molar-refractivity contribution < 1.29 is 10.3 Å². The number of aliphatic hydroxyl groups excluding tert-OH is 1. The molecule has 3 nitrogen and oxygen atoms in total. The molecule has 0 aromatic carbocycles. The van der Waals surface area contributed by atoms with Gasteiger partial charge in [-0.05, 0) is 12.3 Å². The Morgan fingerprint density at radius 3 is 1.80 bits per heavy atom. The van der Waals surface area contributed by atoms with Crippen molar-refractivity contribution in [2.75, 3.05) is 0 Å². The monoisotopic (exact) mass is 147 g/mol. The van der Waals surface area contributed by atoms with Crippen molar-refractivity contribution in [3.05, 3.63) is 0 Å². The number of aliphatic hydroxyl groups is 1. The van der Waals surface area contributed by atoms with Gasteiger partial charge in [-0.25, -0.2) is 5.48 Å². The van der Waals surface area contributed by atoms with Crippen LogP contribution in [-0.4, -0.2) is 22.5 Å². The molecule has 0 bridgehead atoms. The van der Waals surface area contributed by atoms with Crippen LogP contribution in [0.5, 0.6) is 0 Å². The summed E-state index contributed by atoms with van der Waals surface area (Å²) in [5, 5.41) is 17.9. The first-order valence-corrected chi connectivity index (χ1v) is 3.47. The summed E-state index contributed by atoms with van der Waals surface area (Å²) in [7, 11) is 0. The van der Waals surface area contributed by atoms with E-state index in [2.05, 4.69) is 0 Å². The molecule has 0 aromatic rings. The Balaban J connectivity index is 3.94. The van der Waals surface area contributed by atoms with E-state index in [4.69, 9.17) is 5.21 Å². The summed E-state index contributed by atoms with van der Waals surface area (Å²) in [4.78, 5) is 0. The third kappa shape index (κ3) is 2.64. The lowest BCUT2D eigenvalue weighted by molar-refractivity contribution is -0.0114. The maximum absolute atomic E-state index is 9.43. The highest BCUT2D eigenvalue weighted by Gasteiger charge is 2.26. The highest BCUT2D eigenvalue weighted by atomic mass is 16.5. The van der Waals surface area contributed by atoms with Gasteiger partial charge >= 0.3 is 0 Å². The van der Waals surface area contributed by atoms with E-state index in [1.54, 1.807) is 6.92 Å². The smallest absolute Gasteiger partial charge is 0.0761 e. The van der Waals surface area contributed by atoms with E-state index in [9.17, 15) is 5.11 Å². The maximum Gasteiger partial charge on any atom is 0.0761 e. The SMILES string of the molecule is CC(NO)C(O)C(C)(C)C. The lowest BCUT2D eigenvalue weighted by Crippen LogP contribution is -2.43. The largest absolute Gasteiger partial charge is 0.391 e. The molecular weight excluding hydrogens is 130 g/mol. The highest BCUT2D eigenvalue weighted by molar-refractivity contribution is 4.79. The van der Waals surface area contributed by atoms with Gasteiger partial charge in [0.1, 0.15) is 0 Å². The van der Waals surface area contributed by atoms with Gasteiger partial charge in [0.2, 0.25) is 0 Å². The van der Waals surface area contributed by atoms with E-state index < -0.39 is 6.10 Å². The summed E-state index contributed by atoms with van der Waals surface area (Å²) in [6.07, 6.45) is -0.530. The van der Waals surface area contributed by atoms with Crippen LogP contribution in [0.15, 0.2) is 0 Å². The van der Waals surface area contributed by atoms with Crippen LogP contribution in [0.3, 0.4) is 0 Å². The summed E-state index contributed by atoms with van der Waals surface area (Å²) >= 11 is 0. The maximum atomic E-state index is 9.43. The van der Waals surface area contributed by atoms with Crippen molar-refractivity contribution >= 4 is 0 Å². The van der Waals surface area contributed by atoms with Crippen molar-refractivity contribution in [2.24, 2.45) is 5.41 Å². The van der Waals surface area contributed by atoms with Crippen molar-refractivity contribution in [3.8, 4) is 0 Å². The van der Waals surface area contributed by atoms with Gasteiger partial charge in [0.25, 0.3) is 0 Å². The van der Waals surface area contributed by atoms with E-state index in [1.165, 1.54) is 0 Å². The molecule has 0 amide bonds. The minimum Gasteiger partial charge on any atom is -0.391 e. The second kappa shape index (κ2) is 3.32. The molecule has 62 valence electrons. The summed E-state index contributed by atoms with van der Waals surface area (Å²) in [6.45, 7) is 7.50. The van der Waals surface area contributed by atoms with Gasteiger partial charge in [-0.1, -0.05) is 20.8 Å². The first-order valence-electron chi connectivity index (χ1n) is 3.47. The first-order chi connectivity index (χ1) is 4.39. The molecule has 0 fully saturated rings. The lowest BCUT2D eigenvalue weighted by Gasteiger charge is -2.29. The Bertz CT molecular complexity index is 98.3. The zero-order valence-electron chi connectivity index (χ0n) is 7.05. The predicted octanol–water partition coefficient (Wildman–Crippen LogP) is 0.761. The number of hydrogen-bond acceptors (Lipinski definition) is 3. The van der Waals surface area contributed by atoms with Gasteiger partial charge in [-0.3, -0.25) is 0 Å². The van der Waals surface area contributed by atoms with Crippen LogP contribution in [0.4, 0.5) is 0 Å². The molecular formula is C7H17NO2. The fraction of sp³-hybridized carbons (Fsp3) is 1.00. The Morgan fingerprint density at radius 1 is 1.30 bits per heavy atom. The molecule has 0 saturated carbocycles. The van der Waals surface area contributed by atoms with Crippen LogP contribution >= 0.6 is 0 Å². The summed E-state index contributed by atoms with van der Waals surface area (Å²) in [6, 6.07) is -0.278. The van der Waals surface area contributed by atoms with Crippen LogP contribution in [0, 0.1) is 5.41 Å². The average Bonchev–Trinajstić information content (AvgIpc) is 1.83. The Labute approximate surface area is 62.0 Å². The van der Waals surface area contributed by atoms with E-state index in [0.29, 0.717) is 0 Å². The van der Waals surface area contributed by atoms with Crippen LogP contribution in [0.2, 0.25) is 0 Å². The Hall–Kier alpha value is -0.120. The van der Waals surface area contributed by atoms with Gasteiger partial charge in [-0.15, -0.1) is 0 Å². The molecule has 0 aliphatic heterocycles. The van der Waals surface area contributed by atoms with Crippen molar-refractivity contribution in [1.82, 2.24) is 5.48 Å². The summed E-state index contributed by atoms with van der Waals surface area (Å²) in [5.74, 6) is 0. The van der Waals surface area contributed by atoms with Crippen LogP contribution in [-0.2, 0) is 0 Å². The molecule has 0 heterocycles. The molecule has 0 aliphatic rings. The predicted molar refractivity (Wildman–Crippen MR) is 39.8 cm³/mol. The van der Waals surface area contributed by atoms with Crippen molar-refractivity contribution in [1.29, 1.82) is 0 Å². The standard InChI is InChI=1S/C7H17NO2/c1-5(8-10)6(9)7(2,3)4/h5-6,8-10H,1-4H3. The van der Waals surface area contributed by atoms with Crippen LogP contribution < -0.4 is 5.48 Å². The number of nitrogens with one attached hydrogen (secondary N) is 1. The zero-order valence-corrected chi connectivity index (χ0v) is 7.05. The number of rotatable bonds is 2. The van der Waals surface area contributed by atoms with E-state index >= 15 is 0 Å². The topological polar surface area (TPSA) is 52.5 Å². The molecule has 0 aromatic heterocycles. The molecule has 0 rings (SSSR count). The summed E-state index contributed by atoms with van der Waals surface area (Å²) < 4.78 is 0. The quantitative estimate of drug-likeness (QED) is 0.505. The average molecular weight is 147 g/mol. The Kier molecular flexibility index (Phi) is 3.28. The molecule has 3 heteroatoms. The molecule has 10 heavy (non-hydrogen) atoms. The number of hydroxylamine groups is 1. The molecule has 0 radical (unpaired) electrons. The van der Waals surface area contributed by atoms with Gasteiger partial charge in [0.05, 0.1) is 12.1 Å². The molecule has 3 N–H and O–H groups in total. The molecule has 0 spiro atoms. The van der Waals surface area contributed by atoms with Gasteiger partial charge in [0.15, 0.2) is 0 Å². The summed E-state index contributed by atoms with van der Waals surface area (Å²) in [5.41, 5.74) is 1.84. The minimum absolute atomic E-state index is 0.185. The molecule has 2 unspecified atom stereocenters. The number of hydrogen-bond donors (Lipinski definition) is 3. The second-order valence-electron chi connectivity index (χ2n) is 3.73. The van der Waals surface area contributed by atoms with Crippen molar-refractivity contribution in [2.45, 2.75) is 39.8 Å². The van der Waals surface area contributed by atoms with Crippen molar-refractivity contribution in [3.63, 3.8) is 0 Å².